The SMILES string of the molecule is CC(C)CN1CCN(C(=O)NC2CCC(C(=O)O)C2)CC1. The first-order valence-corrected chi connectivity index (χ1v) is 7.96. The lowest BCUT2D eigenvalue weighted by Crippen LogP contribution is -2.53. The van der Waals surface area contributed by atoms with Crippen LogP contribution in [0.5, 0.6) is 0 Å². The molecule has 1 heterocycles. The Morgan fingerprint density at radius 2 is 1.86 bits per heavy atom. The van der Waals surface area contributed by atoms with E-state index in [2.05, 4.69) is 24.1 Å². The minimum Gasteiger partial charge on any atom is -0.481 e. The molecule has 1 aliphatic heterocycles. The topological polar surface area (TPSA) is 72.9 Å². The second-order valence-corrected chi connectivity index (χ2v) is 6.68. The van der Waals surface area contributed by atoms with Gasteiger partial charge in [0, 0.05) is 38.8 Å². The van der Waals surface area contributed by atoms with E-state index in [1.807, 2.05) is 4.90 Å². The number of urea groups is 1. The van der Waals surface area contributed by atoms with Crippen molar-refractivity contribution in [1.29, 1.82) is 0 Å². The fourth-order valence-corrected chi connectivity index (χ4v) is 3.25. The summed E-state index contributed by atoms with van der Waals surface area (Å²) in [6, 6.07) is -0.0115. The van der Waals surface area contributed by atoms with Crippen LogP contribution in [0.4, 0.5) is 4.79 Å². The molecule has 2 fully saturated rings. The van der Waals surface area contributed by atoms with E-state index in [1.165, 1.54) is 0 Å². The van der Waals surface area contributed by atoms with Gasteiger partial charge in [-0.1, -0.05) is 13.8 Å². The summed E-state index contributed by atoms with van der Waals surface area (Å²) >= 11 is 0. The molecule has 2 amide bonds. The van der Waals surface area contributed by atoms with Crippen LogP contribution in [-0.2, 0) is 4.79 Å². The average Bonchev–Trinajstić information content (AvgIpc) is 2.87. The van der Waals surface area contributed by atoms with Crippen LogP contribution in [-0.4, -0.2) is 65.7 Å². The maximum absolute atomic E-state index is 12.2. The van der Waals surface area contributed by atoms with Crippen molar-refractivity contribution in [2.24, 2.45) is 11.8 Å². The number of hydrogen-bond donors (Lipinski definition) is 2. The molecule has 0 radical (unpaired) electrons. The zero-order valence-corrected chi connectivity index (χ0v) is 13.0. The first-order valence-electron chi connectivity index (χ1n) is 7.96. The second-order valence-electron chi connectivity index (χ2n) is 6.68. The van der Waals surface area contributed by atoms with Gasteiger partial charge in [0.1, 0.15) is 0 Å². The van der Waals surface area contributed by atoms with Gasteiger partial charge in [-0.05, 0) is 25.2 Å². The molecule has 0 aromatic rings. The quantitative estimate of drug-likeness (QED) is 0.818. The maximum Gasteiger partial charge on any atom is 0.317 e. The van der Waals surface area contributed by atoms with E-state index in [1.54, 1.807) is 0 Å². The third-order valence-electron chi connectivity index (χ3n) is 4.39. The molecule has 2 atom stereocenters. The number of carbonyl (C=O) groups excluding carboxylic acids is 1. The molecule has 0 bridgehead atoms. The summed E-state index contributed by atoms with van der Waals surface area (Å²) in [4.78, 5) is 27.4. The van der Waals surface area contributed by atoms with Crippen LogP contribution in [0.25, 0.3) is 0 Å². The summed E-state index contributed by atoms with van der Waals surface area (Å²) in [6.45, 7) is 8.86. The number of aliphatic carboxylic acids is 1. The zero-order valence-electron chi connectivity index (χ0n) is 13.0. The van der Waals surface area contributed by atoms with Crippen LogP contribution >= 0.6 is 0 Å². The zero-order chi connectivity index (χ0) is 15.4. The van der Waals surface area contributed by atoms with Crippen molar-refractivity contribution < 1.29 is 14.7 Å². The molecule has 21 heavy (non-hydrogen) atoms. The third-order valence-corrected chi connectivity index (χ3v) is 4.39. The third kappa shape index (κ3) is 4.59. The molecule has 1 saturated heterocycles. The highest BCUT2D eigenvalue weighted by atomic mass is 16.4. The number of carbonyl (C=O) groups is 2. The van der Waals surface area contributed by atoms with E-state index in [-0.39, 0.29) is 18.0 Å². The van der Waals surface area contributed by atoms with Crippen molar-refractivity contribution in [2.45, 2.75) is 39.2 Å². The van der Waals surface area contributed by atoms with Gasteiger partial charge < -0.3 is 15.3 Å². The summed E-state index contributed by atoms with van der Waals surface area (Å²) in [5.74, 6) is -0.385. The minimum absolute atomic E-state index is 0.0206. The van der Waals surface area contributed by atoms with Crippen LogP contribution in [0.15, 0.2) is 0 Å². The largest absolute Gasteiger partial charge is 0.481 e. The van der Waals surface area contributed by atoms with Gasteiger partial charge in [0.15, 0.2) is 0 Å². The van der Waals surface area contributed by atoms with E-state index in [0.717, 1.165) is 39.1 Å². The maximum atomic E-state index is 12.2. The molecule has 2 N–H and O–H groups in total. The Labute approximate surface area is 126 Å². The van der Waals surface area contributed by atoms with Gasteiger partial charge in [0.05, 0.1) is 5.92 Å². The summed E-state index contributed by atoms with van der Waals surface area (Å²) in [5.41, 5.74) is 0. The van der Waals surface area contributed by atoms with E-state index in [0.29, 0.717) is 18.8 Å². The number of nitrogens with zero attached hydrogens (tertiary/aromatic N) is 2. The van der Waals surface area contributed by atoms with Gasteiger partial charge in [0.2, 0.25) is 0 Å². The number of hydrogen-bond acceptors (Lipinski definition) is 3. The molecule has 2 unspecified atom stereocenters. The molecule has 6 heteroatoms. The lowest BCUT2D eigenvalue weighted by molar-refractivity contribution is -0.141. The summed E-state index contributed by atoms with van der Waals surface area (Å²) in [7, 11) is 0. The standard InChI is InChI=1S/C15H27N3O3/c1-11(2)10-17-5-7-18(8-6-17)15(21)16-13-4-3-12(9-13)14(19)20/h11-13H,3-10H2,1-2H3,(H,16,21)(H,19,20). The molecule has 0 aromatic carbocycles. The molecule has 6 nitrogen and oxygen atoms in total. The highest BCUT2D eigenvalue weighted by Crippen LogP contribution is 2.25. The first kappa shape index (κ1) is 16.1. The van der Waals surface area contributed by atoms with Crippen LogP contribution in [0.1, 0.15) is 33.1 Å². The highest BCUT2D eigenvalue weighted by Gasteiger charge is 2.32. The molecule has 2 aliphatic rings. The molecule has 1 aliphatic carbocycles. The van der Waals surface area contributed by atoms with E-state index >= 15 is 0 Å². The molecular weight excluding hydrogens is 270 g/mol. The number of carboxylic acid groups (broad SMARTS) is 1. The monoisotopic (exact) mass is 297 g/mol. The molecular formula is C15H27N3O3. The Balaban J connectivity index is 1.72. The van der Waals surface area contributed by atoms with E-state index < -0.39 is 5.97 Å². The highest BCUT2D eigenvalue weighted by molar-refractivity contribution is 5.75. The molecule has 120 valence electrons. The van der Waals surface area contributed by atoms with Gasteiger partial charge in [-0.2, -0.15) is 0 Å². The number of amides is 2. The van der Waals surface area contributed by atoms with Crippen molar-refractivity contribution in [3.8, 4) is 0 Å². The van der Waals surface area contributed by atoms with Crippen LogP contribution < -0.4 is 5.32 Å². The van der Waals surface area contributed by atoms with Crippen LogP contribution in [0.3, 0.4) is 0 Å². The van der Waals surface area contributed by atoms with Gasteiger partial charge in [-0.25, -0.2) is 4.79 Å². The fourth-order valence-electron chi connectivity index (χ4n) is 3.25. The second kappa shape index (κ2) is 7.11. The van der Waals surface area contributed by atoms with Gasteiger partial charge in [0.25, 0.3) is 0 Å². The lowest BCUT2D eigenvalue weighted by atomic mass is 10.1. The van der Waals surface area contributed by atoms with Gasteiger partial charge >= 0.3 is 12.0 Å². The summed E-state index contributed by atoms with van der Waals surface area (Å²) < 4.78 is 0. The fraction of sp³-hybridized carbons (Fsp3) is 0.867. The number of carboxylic acids is 1. The van der Waals surface area contributed by atoms with Crippen LogP contribution in [0, 0.1) is 11.8 Å². The predicted molar refractivity (Wildman–Crippen MR) is 80.1 cm³/mol. The van der Waals surface area contributed by atoms with Crippen molar-refractivity contribution in [1.82, 2.24) is 15.1 Å². The van der Waals surface area contributed by atoms with Crippen molar-refractivity contribution in [2.75, 3.05) is 32.7 Å². The van der Waals surface area contributed by atoms with Gasteiger partial charge in [-0.15, -0.1) is 0 Å². The average molecular weight is 297 g/mol. The van der Waals surface area contributed by atoms with Gasteiger partial charge in [-0.3, -0.25) is 9.69 Å². The first-order chi connectivity index (χ1) is 9.95. The predicted octanol–water partition coefficient (Wildman–Crippen LogP) is 1.22. The molecule has 1 saturated carbocycles. The van der Waals surface area contributed by atoms with Crippen molar-refractivity contribution in [3.63, 3.8) is 0 Å². The van der Waals surface area contributed by atoms with Crippen molar-refractivity contribution in [3.05, 3.63) is 0 Å². The molecule has 2 rings (SSSR count). The Morgan fingerprint density at radius 3 is 2.38 bits per heavy atom. The lowest BCUT2D eigenvalue weighted by Gasteiger charge is -2.36. The van der Waals surface area contributed by atoms with Crippen molar-refractivity contribution >= 4 is 12.0 Å². The Hall–Kier alpha value is -1.30. The Morgan fingerprint density at radius 1 is 1.19 bits per heavy atom. The normalized spacial score (nSPS) is 27.1. The smallest absolute Gasteiger partial charge is 0.317 e. The summed E-state index contributed by atoms with van der Waals surface area (Å²) in [5, 5.41) is 12.0. The minimum atomic E-state index is -0.742. The molecule has 0 spiro atoms. The number of nitrogens with one attached hydrogen (secondary N) is 1. The molecule has 0 aromatic heterocycles. The van der Waals surface area contributed by atoms with Crippen LogP contribution in [0.2, 0.25) is 0 Å². The Bertz CT molecular complexity index is 378. The Kier molecular flexibility index (Phi) is 5.45. The van der Waals surface area contributed by atoms with E-state index in [9.17, 15) is 9.59 Å². The number of rotatable bonds is 4. The van der Waals surface area contributed by atoms with E-state index in [4.69, 9.17) is 5.11 Å². The number of piperazine rings is 1. The summed E-state index contributed by atoms with van der Waals surface area (Å²) in [6.07, 6.45) is 2.01.